The van der Waals surface area contributed by atoms with E-state index in [4.69, 9.17) is 4.74 Å². The highest BCUT2D eigenvalue weighted by atomic mass is 35.5. The van der Waals surface area contributed by atoms with Gasteiger partial charge in [-0.2, -0.15) is 0 Å². The number of ether oxygens (including phenoxy) is 1. The van der Waals surface area contributed by atoms with Crippen molar-refractivity contribution in [2.24, 2.45) is 11.8 Å². The van der Waals surface area contributed by atoms with Crippen LogP contribution in [0, 0.1) is 17.7 Å². The maximum atomic E-state index is 14.3. The summed E-state index contributed by atoms with van der Waals surface area (Å²) in [5.41, 5.74) is 0.649. The van der Waals surface area contributed by atoms with Crippen LogP contribution in [-0.4, -0.2) is 97.6 Å². The largest absolute Gasteiger partial charge is 0.466 e. The predicted octanol–water partition coefficient (Wildman–Crippen LogP) is 4.23. The lowest BCUT2D eigenvalue weighted by Crippen LogP contribution is -2.66. The zero-order chi connectivity index (χ0) is 25.8. The van der Waals surface area contributed by atoms with Crippen LogP contribution >= 0.6 is 24.8 Å². The number of hydrogen-bond acceptors (Lipinski definition) is 6. The van der Waals surface area contributed by atoms with Gasteiger partial charge in [0.15, 0.2) is 0 Å². The third-order valence-corrected chi connectivity index (χ3v) is 9.10. The minimum absolute atomic E-state index is 0. The molecular weight excluding hydrogens is 542 g/mol. The van der Waals surface area contributed by atoms with E-state index in [2.05, 4.69) is 19.6 Å². The van der Waals surface area contributed by atoms with E-state index in [-0.39, 0.29) is 48.5 Å². The van der Waals surface area contributed by atoms with Gasteiger partial charge in [-0.3, -0.25) is 19.4 Å². The molecular formula is C29H45Cl2FN4O3. The Balaban J connectivity index is 0.00000210. The number of likely N-dealkylation sites (tertiary alicyclic amines) is 1. The van der Waals surface area contributed by atoms with E-state index < -0.39 is 0 Å². The van der Waals surface area contributed by atoms with Crippen LogP contribution in [0.3, 0.4) is 0 Å². The third-order valence-electron chi connectivity index (χ3n) is 9.10. The van der Waals surface area contributed by atoms with E-state index in [9.17, 15) is 14.0 Å². The molecule has 4 aliphatic heterocycles. The van der Waals surface area contributed by atoms with Crippen LogP contribution in [0.15, 0.2) is 24.3 Å². The quantitative estimate of drug-likeness (QED) is 0.425. The Kier molecular flexibility index (Phi) is 12.2. The number of halogens is 3. The number of rotatable bonds is 8. The molecule has 0 radical (unpaired) electrons. The molecule has 0 bridgehead atoms. The number of benzene rings is 1. The smallest absolute Gasteiger partial charge is 0.305 e. The number of anilines is 1. The van der Waals surface area contributed by atoms with Crippen molar-refractivity contribution < 1.29 is 18.7 Å². The van der Waals surface area contributed by atoms with Gasteiger partial charge in [-0.15, -0.1) is 24.8 Å². The number of nitrogens with zero attached hydrogens (tertiary/aromatic N) is 4. The second-order valence-corrected chi connectivity index (χ2v) is 11.3. The van der Waals surface area contributed by atoms with Gasteiger partial charge in [-0.05, 0) is 82.5 Å². The third kappa shape index (κ3) is 7.38. The average Bonchev–Trinajstić information content (AvgIpc) is 2.91. The Morgan fingerprint density at radius 3 is 2.44 bits per heavy atom. The fourth-order valence-electron chi connectivity index (χ4n) is 7.48. The van der Waals surface area contributed by atoms with Crippen LogP contribution in [0.4, 0.5) is 10.1 Å². The highest BCUT2D eigenvalue weighted by molar-refractivity contribution is 5.85. The standard InChI is InChI=1S/C29H43FN4O3.2ClH/c1-2-37-28(36)13-5-12-25-23-9-7-15-33-14-6-8-22(29(23)33)20-34(25)27(35)21-31-16-18-32(19-17-31)26-11-4-3-10-24(26)30;;/h3-4,10-11,22-23,25,29H,2,5-9,12-21H2,1H3;2*1H. The van der Waals surface area contributed by atoms with E-state index in [0.29, 0.717) is 43.1 Å². The summed E-state index contributed by atoms with van der Waals surface area (Å²) >= 11 is 0. The van der Waals surface area contributed by atoms with Crippen molar-refractivity contribution in [2.45, 2.75) is 64.0 Å². The average molecular weight is 588 g/mol. The molecule has 0 aromatic heterocycles. The second-order valence-electron chi connectivity index (χ2n) is 11.3. The van der Waals surface area contributed by atoms with Gasteiger partial charge in [-0.25, -0.2) is 4.39 Å². The zero-order valence-electron chi connectivity index (χ0n) is 23.1. The SMILES string of the molecule is CCOC(=O)CCCC1C2CCCN3CCCC(CN1C(=O)CN1CCN(c4ccccc4F)CC1)C23.Cl.Cl. The van der Waals surface area contributed by atoms with Crippen LogP contribution in [0.2, 0.25) is 0 Å². The molecule has 39 heavy (non-hydrogen) atoms. The van der Waals surface area contributed by atoms with Gasteiger partial charge >= 0.3 is 5.97 Å². The molecule has 5 rings (SSSR count). The van der Waals surface area contributed by atoms with Gasteiger partial charge in [-0.1, -0.05) is 12.1 Å². The Labute approximate surface area is 245 Å². The molecule has 10 heteroatoms. The van der Waals surface area contributed by atoms with E-state index in [1.807, 2.05) is 19.1 Å². The molecule has 0 N–H and O–H groups in total. The van der Waals surface area contributed by atoms with Crippen LogP contribution < -0.4 is 4.90 Å². The predicted molar refractivity (Wildman–Crippen MR) is 156 cm³/mol. The summed E-state index contributed by atoms with van der Waals surface area (Å²) in [6.45, 7) is 8.85. The maximum Gasteiger partial charge on any atom is 0.305 e. The summed E-state index contributed by atoms with van der Waals surface area (Å²) in [5.74, 6) is 0.958. The number of amides is 1. The maximum absolute atomic E-state index is 14.3. The van der Waals surface area contributed by atoms with Crippen molar-refractivity contribution in [3.63, 3.8) is 0 Å². The van der Waals surface area contributed by atoms with Crippen molar-refractivity contribution in [1.82, 2.24) is 14.7 Å². The lowest BCUT2D eigenvalue weighted by atomic mass is 9.69. The van der Waals surface area contributed by atoms with Crippen molar-refractivity contribution >= 4 is 42.4 Å². The van der Waals surface area contributed by atoms with E-state index in [1.165, 1.54) is 44.8 Å². The molecule has 1 amide bonds. The number of carbonyl (C=O) groups is 2. The minimum atomic E-state index is -0.186. The van der Waals surface area contributed by atoms with Gasteiger partial charge in [0.1, 0.15) is 5.82 Å². The first-order valence-electron chi connectivity index (χ1n) is 14.5. The minimum Gasteiger partial charge on any atom is -0.466 e. The van der Waals surface area contributed by atoms with Crippen LogP contribution in [0.1, 0.15) is 51.9 Å². The number of piperazine rings is 1. The molecule has 220 valence electrons. The lowest BCUT2D eigenvalue weighted by molar-refractivity contribution is -0.148. The lowest BCUT2D eigenvalue weighted by Gasteiger charge is -2.57. The molecule has 4 heterocycles. The van der Waals surface area contributed by atoms with E-state index in [1.54, 1.807) is 6.07 Å². The summed E-state index contributed by atoms with van der Waals surface area (Å²) in [7, 11) is 0. The summed E-state index contributed by atoms with van der Waals surface area (Å²) < 4.78 is 19.4. The molecule has 0 aliphatic carbocycles. The summed E-state index contributed by atoms with van der Waals surface area (Å²) in [5, 5.41) is 0. The highest BCUT2D eigenvalue weighted by Crippen LogP contribution is 2.43. The molecule has 4 fully saturated rings. The molecule has 1 aromatic rings. The van der Waals surface area contributed by atoms with E-state index in [0.717, 1.165) is 45.6 Å². The number of para-hydroxylation sites is 1. The van der Waals surface area contributed by atoms with Crippen LogP contribution in [-0.2, 0) is 14.3 Å². The highest BCUT2D eigenvalue weighted by Gasteiger charge is 2.49. The molecule has 4 atom stereocenters. The molecule has 0 spiro atoms. The van der Waals surface area contributed by atoms with Gasteiger partial charge in [0.05, 0.1) is 18.8 Å². The molecule has 4 unspecified atom stereocenters. The van der Waals surface area contributed by atoms with Gasteiger partial charge in [0.25, 0.3) is 0 Å². The van der Waals surface area contributed by atoms with Crippen LogP contribution in [0.25, 0.3) is 0 Å². The summed E-state index contributed by atoms with van der Waals surface area (Å²) in [6, 6.07) is 7.72. The van der Waals surface area contributed by atoms with Crippen molar-refractivity contribution in [3.8, 4) is 0 Å². The van der Waals surface area contributed by atoms with Gasteiger partial charge < -0.3 is 14.5 Å². The van der Waals surface area contributed by atoms with Gasteiger partial charge in [0, 0.05) is 51.2 Å². The normalized spacial score (nSPS) is 27.1. The molecule has 0 saturated carbocycles. The Morgan fingerprint density at radius 2 is 1.72 bits per heavy atom. The first-order valence-corrected chi connectivity index (χ1v) is 14.5. The number of carbonyl (C=O) groups excluding carboxylic acids is 2. The van der Waals surface area contributed by atoms with Crippen molar-refractivity contribution in [3.05, 3.63) is 30.1 Å². The van der Waals surface area contributed by atoms with E-state index >= 15 is 0 Å². The van der Waals surface area contributed by atoms with Gasteiger partial charge in [0.2, 0.25) is 5.91 Å². The first kappa shape index (κ1) is 31.9. The summed E-state index contributed by atoms with van der Waals surface area (Å²) in [6.07, 6.45) is 6.86. The Bertz CT molecular complexity index is 947. The fourth-order valence-corrected chi connectivity index (χ4v) is 7.48. The van der Waals surface area contributed by atoms with Crippen molar-refractivity contribution in [1.29, 1.82) is 0 Å². The zero-order valence-corrected chi connectivity index (χ0v) is 24.8. The second kappa shape index (κ2) is 14.9. The number of hydrogen-bond donors (Lipinski definition) is 0. The van der Waals surface area contributed by atoms with Crippen molar-refractivity contribution in [2.75, 3.05) is 63.9 Å². The molecule has 4 saturated heterocycles. The molecule has 1 aromatic carbocycles. The monoisotopic (exact) mass is 586 g/mol. The number of esters is 1. The topological polar surface area (TPSA) is 56.3 Å². The Hall–Kier alpha value is -1.61. The molecule has 4 aliphatic rings. The van der Waals surface area contributed by atoms with Crippen LogP contribution in [0.5, 0.6) is 0 Å². The first-order chi connectivity index (χ1) is 18.0. The fraction of sp³-hybridized carbons (Fsp3) is 0.724. The molecule has 7 nitrogen and oxygen atoms in total. The Morgan fingerprint density at radius 1 is 1.00 bits per heavy atom. The number of piperidine rings is 3. The summed E-state index contributed by atoms with van der Waals surface area (Å²) in [4.78, 5) is 35.0.